The van der Waals surface area contributed by atoms with Crippen molar-refractivity contribution in [1.29, 1.82) is 0 Å². The molecule has 1 unspecified atom stereocenters. The molecule has 1 N–H and O–H groups in total. The van der Waals surface area contributed by atoms with E-state index in [2.05, 4.69) is 50.5 Å². The first-order valence-electron chi connectivity index (χ1n) is 7.14. The third kappa shape index (κ3) is 5.87. The Balaban J connectivity index is 2.67. The zero-order valence-electron chi connectivity index (χ0n) is 12.7. The minimum absolute atomic E-state index is 0.344. The van der Waals surface area contributed by atoms with Crippen LogP contribution in [0.5, 0.6) is 5.75 Å². The van der Waals surface area contributed by atoms with Crippen LogP contribution < -0.4 is 10.1 Å². The fourth-order valence-electron chi connectivity index (χ4n) is 1.98. The number of hydrogen-bond acceptors (Lipinski definition) is 3. The van der Waals surface area contributed by atoms with Gasteiger partial charge in [-0.05, 0) is 56.9 Å². The largest absolute Gasteiger partial charge is 0.493 e. The number of ether oxygens (including phenoxy) is 1. The summed E-state index contributed by atoms with van der Waals surface area (Å²) in [6.45, 7) is 8.35. The Labute approximate surface area is 122 Å². The van der Waals surface area contributed by atoms with E-state index in [1.165, 1.54) is 11.1 Å². The summed E-state index contributed by atoms with van der Waals surface area (Å²) in [7, 11) is 0. The molecule has 0 fully saturated rings. The van der Waals surface area contributed by atoms with Crippen LogP contribution in [0.15, 0.2) is 18.2 Å². The van der Waals surface area contributed by atoms with Crippen molar-refractivity contribution < 1.29 is 4.74 Å². The van der Waals surface area contributed by atoms with Gasteiger partial charge in [-0.2, -0.15) is 11.8 Å². The predicted octanol–water partition coefficient (Wildman–Crippen LogP) is 4.19. The van der Waals surface area contributed by atoms with E-state index >= 15 is 0 Å². The molecule has 0 amide bonds. The van der Waals surface area contributed by atoms with Gasteiger partial charge in [0.25, 0.3) is 0 Å². The van der Waals surface area contributed by atoms with E-state index in [1.807, 2.05) is 11.8 Å². The van der Waals surface area contributed by atoms with Crippen LogP contribution in [0.25, 0.3) is 0 Å². The fourth-order valence-corrected chi connectivity index (χ4v) is 2.39. The molecule has 19 heavy (non-hydrogen) atoms. The van der Waals surface area contributed by atoms with Gasteiger partial charge in [-0.1, -0.05) is 19.1 Å². The van der Waals surface area contributed by atoms with Gasteiger partial charge in [0.1, 0.15) is 5.75 Å². The van der Waals surface area contributed by atoms with E-state index in [4.69, 9.17) is 4.74 Å². The molecule has 0 aliphatic rings. The molecule has 0 saturated heterocycles. The molecular formula is C16H27NOS. The van der Waals surface area contributed by atoms with Crippen molar-refractivity contribution in [2.45, 2.75) is 39.7 Å². The Bertz CT molecular complexity index is 368. The van der Waals surface area contributed by atoms with E-state index in [0.29, 0.717) is 6.04 Å². The van der Waals surface area contributed by atoms with Crippen molar-refractivity contribution in [3.05, 3.63) is 29.3 Å². The van der Waals surface area contributed by atoms with Crippen molar-refractivity contribution in [1.82, 2.24) is 5.32 Å². The third-order valence-corrected chi connectivity index (χ3v) is 3.78. The molecule has 0 aliphatic heterocycles. The summed E-state index contributed by atoms with van der Waals surface area (Å²) in [6, 6.07) is 6.84. The molecule has 0 spiro atoms. The van der Waals surface area contributed by atoms with Crippen LogP contribution in [-0.2, 0) is 0 Å². The summed E-state index contributed by atoms with van der Waals surface area (Å²) < 4.78 is 5.97. The average Bonchev–Trinajstić information content (AvgIpc) is 2.41. The minimum Gasteiger partial charge on any atom is -0.493 e. The molecule has 1 rings (SSSR count). The molecule has 1 aromatic rings. The van der Waals surface area contributed by atoms with Gasteiger partial charge in [-0.3, -0.25) is 0 Å². The number of rotatable bonds is 9. The molecule has 0 bridgehead atoms. The molecule has 1 aromatic carbocycles. The Hall–Kier alpha value is -0.670. The second-order valence-electron chi connectivity index (χ2n) is 4.91. The minimum atomic E-state index is 0.344. The highest BCUT2D eigenvalue weighted by Gasteiger charge is 2.11. The van der Waals surface area contributed by atoms with Gasteiger partial charge < -0.3 is 10.1 Å². The maximum absolute atomic E-state index is 5.97. The van der Waals surface area contributed by atoms with E-state index in [-0.39, 0.29) is 0 Å². The molecule has 0 saturated carbocycles. The van der Waals surface area contributed by atoms with Crippen LogP contribution in [0.3, 0.4) is 0 Å². The normalized spacial score (nSPS) is 12.4. The van der Waals surface area contributed by atoms with Crippen LogP contribution in [0.1, 0.15) is 43.9 Å². The summed E-state index contributed by atoms with van der Waals surface area (Å²) in [5.74, 6) is 2.20. The van der Waals surface area contributed by atoms with Crippen molar-refractivity contribution in [3.8, 4) is 5.75 Å². The SMILES string of the molecule is CCCNC(C)c1ccc(C)cc1OCCCSC. The van der Waals surface area contributed by atoms with Gasteiger partial charge in [0.2, 0.25) is 0 Å². The molecule has 0 radical (unpaired) electrons. The standard InChI is InChI=1S/C16H27NOS/c1-5-9-17-14(3)15-8-7-13(2)12-16(15)18-10-6-11-19-4/h7-8,12,14,17H,5-6,9-11H2,1-4H3. The molecule has 2 nitrogen and oxygen atoms in total. The molecule has 3 heteroatoms. The zero-order valence-corrected chi connectivity index (χ0v) is 13.5. The van der Waals surface area contributed by atoms with Crippen molar-refractivity contribution >= 4 is 11.8 Å². The van der Waals surface area contributed by atoms with Gasteiger partial charge in [-0.25, -0.2) is 0 Å². The van der Waals surface area contributed by atoms with E-state index in [1.54, 1.807) is 0 Å². The molecule has 108 valence electrons. The monoisotopic (exact) mass is 281 g/mol. The van der Waals surface area contributed by atoms with Crippen LogP contribution in [0.4, 0.5) is 0 Å². The van der Waals surface area contributed by atoms with Crippen LogP contribution in [-0.4, -0.2) is 25.2 Å². The highest BCUT2D eigenvalue weighted by Crippen LogP contribution is 2.26. The second kappa shape index (κ2) is 9.27. The van der Waals surface area contributed by atoms with Crippen molar-refractivity contribution in [2.75, 3.05) is 25.2 Å². The summed E-state index contributed by atoms with van der Waals surface area (Å²) >= 11 is 1.87. The van der Waals surface area contributed by atoms with Crippen LogP contribution in [0.2, 0.25) is 0 Å². The van der Waals surface area contributed by atoms with Gasteiger partial charge >= 0.3 is 0 Å². The first kappa shape index (κ1) is 16.4. The Morgan fingerprint density at radius 1 is 1.37 bits per heavy atom. The quantitative estimate of drug-likeness (QED) is 0.686. The van der Waals surface area contributed by atoms with Crippen molar-refractivity contribution in [3.63, 3.8) is 0 Å². The molecule has 1 atom stereocenters. The van der Waals surface area contributed by atoms with Crippen LogP contribution >= 0.6 is 11.8 Å². The number of nitrogens with one attached hydrogen (secondary N) is 1. The lowest BCUT2D eigenvalue weighted by atomic mass is 10.0. The number of thioether (sulfide) groups is 1. The summed E-state index contributed by atoms with van der Waals surface area (Å²) in [5, 5.41) is 3.53. The summed E-state index contributed by atoms with van der Waals surface area (Å²) in [5.41, 5.74) is 2.52. The Morgan fingerprint density at radius 3 is 2.84 bits per heavy atom. The van der Waals surface area contributed by atoms with E-state index < -0.39 is 0 Å². The lowest BCUT2D eigenvalue weighted by Gasteiger charge is -2.18. The molecule has 0 heterocycles. The van der Waals surface area contributed by atoms with Gasteiger partial charge in [0.05, 0.1) is 6.61 Å². The van der Waals surface area contributed by atoms with E-state index in [0.717, 1.165) is 37.5 Å². The number of aryl methyl sites for hydroxylation is 1. The lowest BCUT2D eigenvalue weighted by Crippen LogP contribution is -2.20. The zero-order chi connectivity index (χ0) is 14.1. The lowest BCUT2D eigenvalue weighted by molar-refractivity contribution is 0.312. The van der Waals surface area contributed by atoms with Crippen molar-refractivity contribution in [2.24, 2.45) is 0 Å². The maximum atomic E-state index is 5.97. The Kier molecular flexibility index (Phi) is 7.99. The number of benzene rings is 1. The topological polar surface area (TPSA) is 21.3 Å². The smallest absolute Gasteiger partial charge is 0.124 e. The maximum Gasteiger partial charge on any atom is 0.124 e. The summed E-state index contributed by atoms with van der Waals surface area (Å²) in [6.07, 6.45) is 4.39. The first-order valence-corrected chi connectivity index (χ1v) is 8.54. The number of hydrogen-bond donors (Lipinski definition) is 1. The second-order valence-corrected chi connectivity index (χ2v) is 5.90. The highest BCUT2D eigenvalue weighted by atomic mass is 32.2. The van der Waals surface area contributed by atoms with Gasteiger partial charge in [-0.15, -0.1) is 0 Å². The highest BCUT2D eigenvalue weighted by molar-refractivity contribution is 7.98. The van der Waals surface area contributed by atoms with E-state index in [9.17, 15) is 0 Å². The molecular weight excluding hydrogens is 254 g/mol. The third-order valence-electron chi connectivity index (χ3n) is 3.09. The van der Waals surface area contributed by atoms with Gasteiger partial charge in [0, 0.05) is 11.6 Å². The molecule has 0 aromatic heterocycles. The first-order chi connectivity index (χ1) is 9.19. The Morgan fingerprint density at radius 2 is 2.16 bits per heavy atom. The van der Waals surface area contributed by atoms with Gasteiger partial charge in [0.15, 0.2) is 0 Å². The predicted molar refractivity (Wildman–Crippen MR) is 86.4 cm³/mol. The fraction of sp³-hybridized carbons (Fsp3) is 0.625. The summed E-state index contributed by atoms with van der Waals surface area (Å²) in [4.78, 5) is 0. The van der Waals surface area contributed by atoms with Crippen LogP contribution in [0, 0.1) is 6.92 Å². The molecule has 0 aliphatic carbocycles. The average molecular weight is 281 g/mol.